The lowest BCUT2D eigenvalue weighted by Gasteiger charge is -2.19. The Hall–Kier alpha value is -1.17. The minimum Gasteiger partial charge on any atom is -0.479 e. The van der Waals surface area contributed by atoms with Crippen LogP contribution in [-0.2, 0) is 4.79 Å². The van der Waals surface area contributed by atoms with E-state index in [2.05, 4.69) is 5.32 Å². The van der Waals surface area contributed by atoms with E-state index in [0.717, 1.165) is 4.90 Å². The fraction of sp³-hybridized carbons (Fsp3) is 0.333. The quantitative estimate of drug-likeness (QED) is 0.863. The molecular weight excluding hydrogens is 327 g/mol. The number of urea groups is 1. The zero-order chi connectivity index (χ0) is 14.9. The van der Waals surface area contributed by atoms with Crippen molar-refractivity contribution in [2.75, 3.05) is 13.1 Å². The van der Waals surface area contributed by atoms with Crippen LogP contribution in [0, 0.1) is 0 Å². The molecule has 0 bridgehead atoms. The van der Waals surface area contributed by atoms with Gasteiger partial charge in [0.2, 0.25) is 0 Å². The number of nitrogens with zero attached hydrogens (tertiary/aromatic N) is 1. The smallest absolute Gasteiger partial charge is 0.324 e. The van der Waals surface area contributed by atoms with E-state index in [1.807, 2.05) is 0 Å². The van der Waals surface area contributed by atoms with Gasteiger partial charge in [-0.2, -0.15) is 0 Å². The van der Waals surface area contributed by atoms with Crippen LogP contribution in [0.2, 0.25) is 15.1 Å². The predicted octanol–water partition coefficient (Wildman–Crippen LogP) is 2.97. The summed E-state index contributed by atoms with van der Waals surface area (Å²) in [6, 6.07) is 2.44. The fourth-order valence-corrected chi connectivity index (χ4v) is 2.32. The van der Waals surface area contributed by atoms with Crippen molar-refractivity contribution in [2.45, 2.75) is 13.0 Å². The van der Waals surface area contributed by atoms with Gasteiger partial charge in [-0.25, -0.2) is 4.79 Å². The molecule has 1 heterocycles. The van der Waals surface area contributed by atoms with Gasteiger partial charge in [0.15, 0.2) is 6.10 Å². The van der Waals surface area contributed by atoms with E-state index in [1.54, 1.807) is 0 Å². The zero-order valence-corrected chi connectivity index (χ0v) is 12.7. The van der Waals surface area contributed by atoms with Crippen molar-refractivity contribution < 1.29 is 14.3 Å². The van der Waals surface area contributed by atoms with Crippen LogP contribution in [0.1, 0.15) is 6.92 Å². The molecule has 1 fully saturated rings. The van der Waals surface area contributed by atoms with Gasteiger partial charge in [0.1, 0.15) is 5.75 Å². The van der Waals surface area contributed by atoms with Crippen molar-refractivity contribution in [3.05, 3.63) is 27.2 Å². The van der Waals surface area contributed by atoms with E-state index in [1.165, 1.54) is 19.1 Å². The van der Waals surface area contributed by atoms with Crippen molar-refractivity contribution in [3.8, 4) is 5.75 Å². The van der Waals surface area contributed by atoms with Gasteiger partial charge < -0.3 is 10.1 Å². The second-order valence-electron chi connectivity index (χ2n) is 4.18. The maximum Gasteiger partial charge on any atom is 0.324 e. The van der Waals surface area contributed by atoms with Crippen LogP contribution in [0.15, 0.2) is 12.1 Å². The first-order valence-corrected chi connectivity index (χ1v) is 6.94. The van der Waals surface area contributed by atoms with Gasteiger partial charge in [-0.15, -0.1) is 0 Å². The first-order valence-electron chi connectivity index (χ1n) is 5.80. The van der Waals surface area contributed by atoms with Crippen molar-refractivity contribution in [1.29, 1.82) is 0 Å². The molecule has 2 rings (SSSR count). The number of ether oxygens (including phenoxy) is 1. The number of amides is 3. The summed E-state index contributed by atoms with van der Waals surface area (Å²) in [6.07, 6.45) is -0.867. The van der Waals surface area contributed by atoms with E-state index < -0.39 is 18.0 Å². The molecule has 0 aliphatic carbocycles. The first kappa shape index (κ1) is 15.2. The standard InChI is InChI=1S/C12H11Cl3N2O3/c1-6(11(18)17-3-2-16-12(17)19)20-10-5-8(14)7(13)4-9(10)15/h4-6H,2-3H2,1H3,(H,16,19). The molecule has 0 saturated carbocycles. The van der Waals surface area contributed by atoms with Gasteiger partial charge in [-0.05, 0) is 13.0 Å². The number of hydrogen-bond acceptors (Lipinski definition) is 3. The molecule has 8 heteroatoms. The number of hydrogen-bond donors (Lipinski definition) is 1. The molecule has 1 aliphatic rings. The molecular formula is C12H11Cl3N2O3. The van der Waals surface area contributed by atoms with Crippen molar-refractivity contribution in [3.63, 3.8) is 0 Å². The maximum atomic E-state index is 12.1. The summed E-state index contributed by atoms with van der Waals surface area (Å²) in [5.41, 5.74) is 0. The highest BCUT2D eigenvalue weighted by Gasteiger charge is 2.31. The Bertz CT molecular complexity index is 565. The normalized spacial score (nSPS) is 16.0. The van der Waals surface area contributed by atoms with E-state index >= 15 is 0 Å². The molecule has 1 aromatic carbocycles. The molecule has 0 aromatic heterocycles. The highest BCUT2D eigenvalue weighted by atomic mass is 35.5. The summed E-state index contributed by atoms with van der Waals surface area (Å²) in [6.45, 7) is 2.29. The number of carbonyl (C=O) groups is 2. The summed E-state index contributed by atoms with van der Waals surface area (Å²) < 4.78 is 5.46. The van der Waals surface area contributed by atoms with Crippen LogP contribution >= 0.6 is 34.8 Å². The van der Waals surface area contributed by atoms with Crippen molar-refractivity contribution in [1.82, 2.24) is 10.2 Å². The molecule has 108 valence electrons. The minimum absolute atomic E-state index is 0.238. The van der Waals surface area contributed by atoms with Crippen LogP contribution in [0.3, 0.4) is 0 Å². The van der Waals surface area contributed by atoms with Gasteiger partial charge in [-0.1, -0.05) is 34.8 Å². The highest BCUT2D eigenvalue weighted by molar-refractivity contribution is 6.43. The van der Waals surface area contributed by atoms with Crippen molar-refractivity contribution in [2.24, 2.45) is 0 Å². The van der Waals surface area contributed by atoms with Gasteiger partial charge in [0.05, 0.1) is 15.1 Å². The van der Waals surface area contributed by atoms with Crippen LogP contribution in [0.4, 0.5) is 4.79 Å². The third-order valence-electron chi connectivity index (χ3n) is 2.75. The summed E-state index contributed by atoms with van der Waals surface area (Å²) in [5, 5.41) is 3.35. The molecule has 1 unspecified atom stereocenters. The lowest BCUT2D eigenvalue weighted by molar-refractivity contribution is -0.134. The highest BCUT2D eigenvalue weighted by Crippen LogP contribution is 2.34. The van der Waals surface area contributed by atoms with E-state index in [0.29, 0.717) is 18.1 Å². The Labute approximate surface area is 130 Å². The minimum atomic E-state index is -0.867. The van der Waals surface area contributed by atoms with E-state index in [-0.39, 0.29) is 15.8 Å². The Morgan fingerprint density at radius 1 is 1.30 bits per heavy atom. The molecule has 20 heavy (non-hydrogen) atoms. The Kier molecular flexibility index (Phi) is 4.62. The van der Waals surface area contributed by atoms with Gasteiger partial charge in [-0.3, -0.25) is 9.69 Å². The molecule has 1 aliphatic heterocycles. The summed E-state index contributed by atoms with van der Waals surface area (Å²) in [5.74, 6) is -0.205. The molecule has 1 atom stereocenters. The Morgan fingerprint density at radius 2 is 1.95 bits per heavy atom. The zero-order valence-electron chi connectivity index (χ0n) is 10.5. The molecule has 1 aromatic rings. The number of benzene rings is 1. The van der Waals surface area contributed by atoms with Gasteiger partial charge in [0, 0.05) is 19.2 Å². The summed E-state index contributed by atoms with van der Waals surface area (Å²) in [4.78, 5) is 24.6. The monoisotopic (exact) mass is 336 g/mol. The molecule has 1 N–H and O–H groups in total. The lowest BCUT2D eigenvalue weighted by Crippen LogP contribution is -2.42. The van der Waals surface area contributed by atoms with Crippen LogP contribution in [-0.4, -0.2) is 36.0 Å². The SMILES string of the molecule is CC(Oc1cc(Cl)c(Cl)cc1Cl)C(=O)N1CCNC1=O. The number of halogens is 3. The average molecular weight is 338 g/mol. The number of nitrogens with one attached hydrogen (secondary N) is 1. The molecule has 5 nitrogen and oxygen atoms in total. The third kappa shape index (κ3) is 3.11. The maximum absolute atomic E-state index is 12.1. The second-order valence-corrected chi connectivity index (χ2v) is 5.40. The van der Waals surface area contributed by atoms with Crippen LogP contribution in [0.5, 0.6) is 5.75 Å². The number of rotatable bonds is 3. The first-order chi connectivity index (χ1) is 9.40. The molecule has 1 saturated heterocycles. The largest absolute Gasteiger partial charge is 0.479 e. The Morgan fingerprint density at radius 3 is 2.55 bits per heavy atom. The predicted molar refractivity (Wildman–Crippen MR) is 76.7 cm³/mol. The van der Waals surface area contributed by atoms with E-state index in [9.17, 15) is 9.59 Å². The Balaban J connectivity index is 2.11. The summed E-state index contributed by atoms with van der Waals surface area (Å²) >= 11 is 17.6. The van der Waals surface area contributed by atoms with Crippen molar-refractivity contribution >= 4 is 46.7 Å². The molecule has 0 radical (unpaired) electrons. The number of imide groups is 1. The topological polar surface area (TPSA) is 58.6 Å². The average Bonchev–Trinajstić information content (AvgIpc) is 2.81. The summed E-state index contributed by atoms with van der Waals surface area (Å²) in [7, 11) is 0. The van der Waals surface area contributed by atoms with Crippen LogP contribution in [0.25, 0.3) is 0 Å². The molecule has 3 amide bonds. The molecule has 0 spiro atoms. The van der Waals surface area contributed by atoms with Crippen LogP contribution < -0.4 is 10.1 Å². The number of carbonyl (C=O) groups excluding carboxylic acids is 2. The van der Waals surface area contributed by atoms with E-state index in [4.69, 9.17) is 39.5 Å². The fourth-order valence-electron chi connectivity index (χ4n) is 1.74. The lowest BCUT2D eigenvalue weighted by atomic mass is 10.3. The second kappa shape index (κ2) is 6.08. The van der Waals surface area contributed by atoms with Gasteiger partial charge >= 0.3 is 6.03 Å². The van der Waals surface area contributed by atoms with Gasteiger partial charge in [0.25, 0.3) is 5.91 Å². The third-order valence-corrected chi connectivity index (χ3v) is 3.77.